The smallest absolute Gasteiger partial charge is 0.231 e. The van der Waals surface area contributed by atoms with Gasteiger partial charge >= 0.3 is 0 Å². The van der Waals surface area contributed by atoms with Crippen molar-refractivity contribution >= 4 is 11.0 Å². The molecule has 0 saturated carbocycles. The first-order valence-electron chi connectivity index (χ1n) is 9.15. The first-order valence-corrected chi connectivity index (χ1v) is 9.15. The van der Waals surface area contributed by atoms with Gasteiger partial charge in [-0.2, -0.15) is 4.57 Å². The van der Waals surface area contributed by atoms with Crippen LogP contribution in [0.3, 0.4) is 0 Å². The fourth-order valence-electron chi connectivity index (χ4n) is 3.06. The molecule has 0 aliphatic heterocycles. The summed E-state index contributed by atoms with van der Waals surface area (Å²) in [6, 6.07) is 8.38. The van der Waals surface area contributed by atoms with Crippen LogP contribution in [0.15, 0.2) is 36.7 Å². The van der Waals surface area contributed by atoms with Gasteiger partial charge in [0, 0.05) is 24.8 Å². The maximum absolute atomic E-state index is 4.42. The lowest BCUT2D eigenvalue weighted by molar-refractivity contribution is -0.672. The highest BCUT2D eigenvalue weighted by Crippen LogP contribution is 2.11. The predicted molar refractivity (Wildman–Crippen MR) is 93.8 cm³/mol. The molecule has 0 fully saturated rings. The van der Waals surface area contributed by atoms with Crippen molar-refractivity contribution in [2.45, 2.75) is 77.7 Å². The lowest BCUT2D eigenvalue weighted by atomic mass is 10.1. The average molecular weight is 299 g/mol. The number of nitrogens with zero attached hydrogens (tertiary/aromatic N) is 2. The molecule has 0 saturated heterocycles. The maximum atomic E-state index is 4.42. The van der Waals surface area contributed by atoms with Crippen LogP contribution >= 0.6 is 0 Å². The number of aryl methyl sites for hydroxylation is 1. The molecule has 0 N–H and O–H groups in total. The van der Waals surface area contributed by atoms with E-state index >= 15 is 0 Å². The van der Waals surface area contributed by atoms with Crippen molar-refractivity contribution in [2.75, 3.05) is 0 Å². The van der Waals surface area contributed by atoms with Crippen LogP contribution < -0.4 is 4.57 Å². The minimum absolute atomic E-state index is 1.09. The van der Waals surface area contributed by atoms with Gasteiger partial charge in [-0.1, -0.05) is 58.3 Å². The van der Waals surface area contributed by atoms with E-state index in [9.17, 15) is 0 Å². The third kappa shape index (κ3) is 5.75. The van der Waals surface area contributed by atoms with Gasteiger partial charge in [-0.15, -0.1) is 0 Å². The van der Waals surface area contributed by atoms with Gasteiger partial charge in [0.05, 0.1) is 0 Å². The molecule has 2 nitrogen and oxygen atoms in total. The number of unbranched alkanes of at least 4 members (excludes halogenated alkanes) is 9. The van der Waals surface area contributed by atoms with E-state index < -0.39 is 0 Å². The van der Waals surface area contributed by atoms with Crippen molar-refractivity contribution < 1.29 is 4.57 Å². The second-order valence-electron chi connectivity index (χ2n) is 6.29. The molecule has 2 aromatic heterocycles. The second-order valence-corrected chi connectivity index (χ2v) is 6.29. The quantitative estimate of drug-likeness (QED) is 0.398. The normalized spacial score (nSPS) is 11.1. The van der Waals surface area contributed by atoms with Crippen molar-refractivity contribution in [1.29, 1.82) is 0 Å². The Morgan fingerprint density at radius 2 is 1.50 bits per heavy atom. The van der Waals surface area contributed by atoms with E-state index in [0.717, 1.165) is 12.1 Å². The van der Waals surface area contributed by atoms with Crippen molar-refractivity contribution in [1.82, 2.24) is 4.98 Å². The number of hydrogen-bond donors (Lipinski definition) is 0. The summed E-state index contributed by atoms with van der Waals surface area (Å²) >= 11 is 0. The zero-order chi connectivity index (χ0) is 15.5. The van der Waals surface area contributed by atoms with Gasteiger partial charge in [-0.05, 0) is 18.6 Å². The number of hydrogen-bond acceptors (Lipinski definition) is 1. The number of aromatic nitrogens is 2. The van der Waals surface area contributed by atoms with Crippen LogP contribution in [0.4, 0.5) is 0 Å². The summed E-state index contributed by atoms with van der Waals surface area (Å²) in [4.78, 5) is 4.42. The van der Waals surface area contributed by atoms with Crippen LogP contribution in [0.25, 0.3) is 11.0 Å². The SMILES string of the molecule is CCCCCCCCCCCC[n+]1cccc2ncccc21. The largest absolute Gasteiger partial charge is 0.250 e. The van der Waals surface area contributed by atoms with E-state index in [1.807, 2.05) is 12.3 Å². The minimum Gasteiger partial charge on any atom is -0.250 e. The first-order chi connectivity index (χ1) is 10.9. The molecule has 0 spiro atoms. The summed E-state index contributed by atoms with van der Waals surface area (Å²) < 4.78 is 2.34. The number of fused-ring (bicyclic) bond motifs is 1. The minimum atomic E-state index is 1.09. The molecule has 120 valence electrons. The summed E-state index contributed by atoms with van der Waals surface area (Å²) in [7, 11) is 0. The lowest BCUT2D eigenvalue weighted by Gasteiger charge is -2.02. The van der Waals surface area contributed by atoms with E-state index in [2.05, 4.69) is 40.9 Å². The fourth-order valence-corrected chi connectivity index (χ4v) is 3.06. The Hall–Kier alpha value is -1.44. The van der Waals surface area contributed by atoms with Gasteiger partial charge in [0.2, 0.25) is 5.52 Å². The van der Waals surface area contributed by atoms with E-state index in [4.69, 9.17) is 0 Å². The Kier molecular flexibility index (Phi) is 7.93. The Labute approximate surface area is 135 Å². The van der Waals surface area contributed by atoms with Gasteiger partial charge in [-0.25, -0.2) is 4.98 Å². The molecular formula is C20H31N2+. The molecule has 22 heavy (non-hydrogen) atoms. The molecule has 0 aliphatic rings. The Bertz CT molecular complexity index is 531. The maximum Gasteiger partial charge on any atom is 0.231 e. The van der Waals surface area contributed by atoms with Gasteiger partial charge in [-0.3, -0.25) is 0 Å². The molecule has 0 atom stereocenters. The number of pyridine rings is 2. The van der Waals surface area contributed by atoms with Crippen LogP contribution in [0.2, 0.25) is 0 Å². The molecule has 0 amide bonds. The topological polar surface area (TPSA) is 16.8 Å². The molecule has 0 aliphatic carbocycles. The van der Waals surface area contributed by atoms with Gasteiger partial charge in [0.25, 0.3) is 0 Å². The first kappa shape index (κ1) is 16.9. The third-order valence-electron chi connectivity index (χ3n) is 4.40. The summed E-state index contributed by atoms with van der Waals surface area (Å²) in [5, 5.41) is 0. The highest BCUT2D eigenvalue weighted by molar-refractivity contribution is 5.69. The fraction of sp³-hybridized carbons (Fsp3) is 0.600. The highest BCUT2D eigenvalue weighted by Gasteiger charge is 2.07. The summed E-state index contributed by atoms with van der Waals surface area (Å²) in [6.07, 6.45) is 18.0. The zero-order valence-electron chi connectivity index (χ0n) is 14.1. The summed E-state index contributed by atoms with van der Waals surface area (Å²) in [6.45, 7) is 3.39. The average Bonchev–Trinajstić information content (AvgIpc) is 2.56. The van der Waals surface area contributed by atoms with Crippen LogP contribution in [0.1, 0.15) is 71.1 Å². The second kappa shape index (κ2) is 10.3. The molecule has 2 rings (SSSR count). The third-order valence-corrected chi connectivity index (χ3v) is 4.40. The van der Waals surface area contributed by atoms with E-state index in [1.54, 1.807) is 0 Å². The van der Waals surface area contributed by atoms with E-state index in [-0.39, 0.29) is 0 Å². The van der Waals surface area contributed by atoms with Crippen molar-refractivity contribution in [3.63, 3.8) is 0 Å². The molecule has 2 heteroatoms. The monoisotopic (exact) mass is 299 g/mol. The van der Waals surface area contributed by atoms with Gasteiger partial charge < -0.3 is 0 Å². The molecule has 0 bridgehead atoms. The molecule has 2 heterocycles. The van der Waals surface area contributed by atoms with E-state index in [0.29, 0.717) is 0 Å². The van der Waals surface area contributed by atoms with Gasteiger partial charge in [0.15, 0.2) is 6.20 Å². The van der Waals surface area contributed by atoms with Crippen LogP contribution in [-0.4, -0.2) is 4.98 Å². The lowest BCUT2D eigenvalue weighted by Crippen LogP contribution is -2.34. The Balaban J connectivity index is 1.59. The van der Waals surface area contributed by atoms with Crippen molar-refractivity contribution in [3.8, 4) is 0 Å². The molecule has 0 aromatic carbocycles. The summed E-state index contributed by atoms with van der Waals surface area (Å²) in [5.41, 5.74) is 2.35. The van der Waals surface area contributed by atoms with Crippen molar-refractivity contribution in [3.05, 3.63) is 36.7 Å². The molecule has 0 unspecified atom stereocenters. The standard InChI is InChI=1S/C20H31N2/c1-2-3-4-5-6-7-8-9-10-11-17-22-18-13-14-19-20(22)15-12-16-21-19/h12-16,18H,2-11,17H2,1H3/q+1. The Morgan fingerprint density at radius 3 is 2.23 bits per heavy atom. The highest BCUT2D eigenvalue weighted by atomic mass is 15.0. The molecular weight excluding hydrogens is 268 g/mol. The predicted octanol–water partition coefficient (Wildman–Crippen LogP) is 5.44. The van der Waals surface area contributed by atoms with Crippen LogP contribution in [0, 0.1) is 0 Å². The number of rotatable bonds is 11. The zero-order valence-corrected chi connectivity index (χ0v) is 14.1. The van der Waals surface area contributed by atoms with E-state index in [1.165, 1.54) is 69.7 Å². The molecule has 2 aromatic rings. The van der Waals surface area contributed by atoms with Crippen molar-refractivity contribution in [2.24, 2.45) is 0 Å². The van der Waals surface area contributed by atoms with Gasteiger partial charge in [0.1, 0.15) is 12.1 Å². The van der Waals surface area contributed by atoms with Crippen LogP contribution in [0.5, 0.6) is 0 Å². The summed E-state index contributed by atoms with van der Waals surface area (Å²) in [5.74, 6) is 0. The van der Waals surface area contributed by atoms with Crippen LogP contribution in [-0.2, 0) is 6.54 Å². The molecule has 0 radical (unpaired) electrons. The Morgan fingerprint density at radius 1 is 0.818 bits per heavy atom.